The molecule has 224 valence electrons. The van der Waals surface area contributed by atoms with Crippen molar-refractivity contribution in [3.05, 3.63) is 45.4 Å². The van der Waals surface area contributed by atoms with E-state index in [2.05, 4.69) is 26.1 Å². The summed E-state index contributed by atoms with van der Waals surface area (Å²) in [5.41, 5.74) is 4.11. The Bertz CT molecular complexity index is 1370. The van der Waals surface area contributed by atoms with Crippen molar-refractivity contribution >= 4 is 23.2 Å². The number of primary amides is 1. The minimum Gasteiger partial charge on any atom is -0.510 e. The number of Topliss-reactive ketones (excluding diaryl/α,β-unsaturated/α-hetero) is 2. The summed E-state index contributed by atoms with van der Waals surface area (Å²) >= 11 is 0. The lowest BCUT2D eigenvalue weighted by Gasteiger charge is -2.50. The monoisotopic (exact) mass is 570 g/mol. The van der Waals surface area contributed by atoms with Crippen LogP contribution in [0.3, 0.4) is 0 Å². The molecule has 41 heavy (non-hydrogen) atoms. The summed E-state index contributed by atoms with van der Waals surface area (Å²) in [5, 5.41) is 48.6. The normalized spacial score (nSPS) is 26.2. The zero-order valence-corrected chi connectivity index (χ0v) is 24.8. The molecule has 0 aliphatic heterocycles. The highest BCUT2D eigenvalue weighted by atomic mass is 16.3. The van der Waals surface area contributed by atoms with Crippen LogP contribution in [0.25, 0.3) is 0 Å². The van der Waals surface area contributed by atoms with Gasteiger partial charge in [0.05, 0.1) is 11.6 Å². The summed E-state index contributed by atoms with van der Waals surface area (Å²) in [4.78, 5) is 43.0. The molecule has 11 heteroatoms. The van der Waals surface area contributed by atoms with E-state index in [0.717, 1.165) is 24.2 Å². The van der Waals surface area contributed by atoms with Gasteiger partial charge in [0.15, 0.2) is 11.4 Å². The fourth-order valence-electron chi connectivity index (χ4n) is 6.75. The van der Waals surface area contributed by atoms with Crippen molar-refractivity contribution in [3.8, 4) is 5.75 Å². The largest absolute Gasteiger partial charge is 0.510 e. The highest BCUT2D eigenvalue weighted by Crippen LogP contribution is 2.53. The van der Waals surface area contributed by atoms with Gasteiger partial charge in [0.2, 0.25) is 5.78 Å². The number of benzene rings is 1. The molecule has 0 spiro atoms. The van der Waals surface area contributed by atoms with Crippen LogP contribution in [0.1, 0.15) is 55.1 Å². The Morgan fingerprint density at radius 2 is 1.78 bits per heavy atom. The van der Waals surface area contributed by atoms with Crippen LogP contribution in [-0.4, -0.2) is 89.2 Å². The van der Waals surface area contributed by atoms with Crippen molar-refractivity contribution < 1.29 is 34.8 Å². The molecule has 3 aliphatic rings. The number of carbonyl (C=O) groups is 3. The molecule has 0 aromatic heterocycles. The van der Waals surface area contributed by atoms with Crippen LogP contribution in [0.15, 0.2) is 28.7 Å². The van der Waals surface area contributed by atoms with Crippen LogP contribution in [-0.2, 0) is 22.6 Å². The van der Waals surface area contributed by atoms with E-state index in [1.165, 1.54) is 11.0 Å². The lowest BCUT2D eigenvalue weighted by Crippen LogP contribution is -2.63. The van der Waals surface area contributed by atoms with E-state index < -0.39 is 58.0 Å². The molecule has 0 fully saturated rings. The number of nitrogens with zero attached hydrogens (tertiary/aromatic N) is 2. The fraction of sp³-hybridized carbons (Fsp3) is 0.567. The van der Waals surface area contributed by atoms with Crippen molar-refractivity contribution in [3.63, 3.8) is 0 Å². The summed E-state index contributed by atoms with van der Waals surface area (Å²) < 4.78 is 0. The first-order valence-electron chi connectivity index (χ1n) is 13.8. The number of hydrogen-bond donors (Lipinski definition) is 6. The molecule has 1 aromatic rings. The molecule has 0 unspecified atom stereocenters. The number of allylic oxidation sites excluding steroid dienone is 1. The summed E-state index contributed by atoms with van der Waals surface area (Å²) in [6, 6.07) is 0.509. The summed E-state index contributed by atoms with van der Waals surface area (Å²) in [6.45, 7) is 7.71. The highest BCUT2D eigenvalue weighted by molar-refractivity contribution is 6.24. The van der Waals surface area contributed by atoms with Crippen LogP contribution in [0.4, 0.5) is 5.69 Å². The number of likely N-dealkylation sites (N-methyl/N-ethyl adjacent to an activating group) is 1. The van der Waals surface area contributed by atoms with Crippen molar-refractivity contribution in [2.75, 3.05) is 39.6 Å². The molecule has 4 atom stereocenters. The lowest BCUT2D eigenvalue weighted by atomic mass is 9.58. The van der Waals surface area contributed by atoms with Crippen LogP contribution in [0.5, 0.6) is 5.75 Å². The van der Waals surface area contributed by atoms with Crippen LogP contribution >= 0.6 is 0 Å². The van der Waals surface area contributed by atoms with E-state index >= 15 is 0 Å². The maximum Gasteiger partial charge on any atom is 0.255 e. The Morgan fingerprint density at radius 1 is 1.15 bits per heavy atom. The average molecular weight is 571 g/mol. The van der Waals surface area contributed by atoms with E-state index in [0.29, 0.717) is 12.1 Å². The van der Waals surface area contributed by atoms with Crippen LogP contribution in [0.2, 0.25) is 0 Å². The third-order valence-electron chi connectivity index (χ3n) is 8.59. The SMILES string of the molecule is CN(C)c1c(CNCCC(C)(C)C)cc(O)c2c1C[C@H]1C[C@H]3[C@H](N(C)C)C(O)=C(C(N)=O)C(=O)[C@@]3(O)C(O)=C1C2=O. The van der Waals surface area contributed by atoms with Crippen molar-refractivity contribution in [2.45, 2.75) is 58.2 Å². The van der Waals surface area contributed by atoms with Gasteiger partial charge in [0, 0.05) is 37.8 Å². The molecule has 0 heterocycles. The lowest BCUT2D eigenvalue weighted by molar-refractivity contribution is -0.148. The molecule has 7 N–H and O–H groups in total. The number of anilines is 1. The van der Waals surface area contributed by atoms with Gasteiger partial charge in [0.1, 0.15) is 22.8 Å². The summed E-state index contributed by atoms with van der Waals surface area (Å²) in [5.74, 6) is -6.58. The minimum atomic E-state index is -2.65. The molecule has 3 aliphatic carbocycles. The summed E-state index contributed by atoms with van der Waals surface area (Å²) in [6.07, 6.45) is 1.24. The van der Waals surface area contributed by atoms with E-state index in [4.69, 9.17) is 5.73 Å². The number of aliphatic hydroxyl groups excluding tert-OH is 2. The smallest absolute Gasteiger partial charge is 0.255 e. The third kappa shape index (κ3) is 4.89. The van der Waals surface area contributed by atoms with Gasteiger partial charge < -0.3 is 36.4 Å². The number of carbonyl (C=O) groups excluding carboxylic acids is 3. The zero-order chi connectivity index (χ0) is 30.8. The first kappa shape index (κ1) is 30.5. The molecule has 1 aromatic carbocycles. The van der Waals surface area contributed by atoms with Gasteiger partial charge >= 0.3 is 0 Å². The fourth-order valence-corrected chi connectivity index (χ4v) is 6.75. The number of amides is 1. The Morgan fingerprint density at radius 3 is 2.32 bits per heavy atom. The Balaban J connectivity index is 1.84. The highest BCUT2D eigenvalue weighted by Gasteiger charge is 2.63. The van der Waals surface area contributed by atoms with Gasteiger partial charge in [-0.3, -0.25) is 19.3 Å². The molecule has 1 amide bonds. The second-order valence-electron chi connectivity index (χ2n) is 13.1. The zero-order valence-electron chi connectivity index (χ0n) is 24.8. The quantitative estimate of drug-likeness (QED) is 0.209. The number of phenols is 1. The molecular formula is C30H42N4O7. The van der Waals surface area contributed by atoms with Crippen molar-refractivity contribution in [1.29, 1.82) is 0 Å². The number of nitrogens with two attached hydrogens (primary N) is 1. The molecule has 0 radical (unpaired) electrons. The van der Waals surface area contributed by atoms with Gasteiger partial charge in [0.25, 0.3) is 5.91 Å². The Kier molecular flexibility index (Phi) is 7.79. The molecular weight excluding hydrogens is 528 g/mol. The Hall–Kier alpha value is -3.41. The topological polar surface area (TPSA) is 177 Å². The number of ketones is 2. The maximum atomic E-state index is 14.0. The molecule has 0 saturated carbocycles. The maximum absolute atomic E-state index is 14.0. The van der Waals surface area contributed by atoms with E-state index in [9.17, 15) is 34.8 Å². The molecule has 4 rings (SSSR count). The number of aliphatic hydroxyl groups is 3. The minimum absolute atomic E-state index is 0.00734. The third-order valence-corrected chi connectivity index (χ3v) is 8.59. The van der Waals surface area contributed by atoms with Crippen molar-refractivity contribution in [2.24, 2.45) is 23.0 Å². The van der Waals surface area contributed by atoms with E-state index in [-0.39, 0.29) is 35.1 Å². The second-order valence-corrected chi connectivity index (χ2v) is 13.1. The first-order chi connectivity index (χ1) is 18.9. The van der Waals surface area contributed by atoms with E-state index in [1.807, 2.05) is 19.0 Å². The van der Waals surface area contributed by atoms with Gasteiger partial charge in [-0.05, 0) is 68.4 Å². The van der Waals surface area contributed by atoms with Gasteiger partial charge in [-0.15, -0.1) is 0 Å². The predicted molar refractivity (Wildman–Crippen MR) is 154 cm³/mol. The first-order valence-corrected chi connectivity index (χ1v) is 13.8. The van der Waals surface area contributed by atoms with Crippen LogP contribution in [0, 0.1) is 17.3 Å². The summed E-state index contributed by atoms with van der Waals surface area (Å²) in [7, 11) is 6.92. The van der Waals surface area contributed by atoms with Gasteiger partial charge in [-0.25, -0.2) is 0 Å². The number of hydrogen-bond acceptors (Lipinski definition) is 10. The number of nitrogens with one attached hydrogen (secondary N) is 1. The number of phenolic OH excluding ortho intramolecular Hbond substituents is 1. The molecule has 11 nitrogen and oxygen atoms in total. The predicted octanol–water partition coefficient (Wildman–Crippen LogP) is 1.71. The van der Waals surface area contributed by atoms with Gasteiger partial charge in [-0.2, -0.15) is 0 Å². The Labute approximate surface area is 240 Å². The standard InChI is InChI=1S/C30H42N4O7/c1-29(2,3)8-9-32-13-15-12-18(35)20-16(22(15)33(4)5)10-14-11-17-23(34(6)7)25(37)21(28(31)40)27(39)30(17,41)26(38)19(14)24(20)36/h12,14,17,23,32,35,37-38,41H,8-11,13H2,1-7H3,(H2,31,40)/t14-,17-,23-,30-/m0/s1. The number of fused-ring (bicyclic) bond motifs is 3. The number of aromatic hydroxyl groups is 1. The second kappa shape index (κ2) is 10.5. The van der Waals surface area contributed by atoms with E-state index in [1.54, 1.807) is 14.1 Å². The molecule has 0 bridgehead atoms. The molecule has 0 saturated heterocycles. The van der Waals surface area contributed by atoms with Crippen LogP contribution < -0.4 is 16.0 Å². The number of rotatable bonds is 7. The van der Waals surface area contributed by atoms with Gasteiger partial charge in [-0.1, -0.05) is 20.8 Å². The van der Waals surface area contributed by atoms with Crippen molar-refractivity contribution in [1.82, 2.24) is 10.2 Å². The average Bonchev–Trinajstić information content (AvgIpc) is 2.82.